The van der Waals surface area contributed by atoms with Crippen molar-refractivity contribution in [2.24, 2.45) is 5.92 Å². The molecule has 76 valence electrons. The molecule has 1 aliphatic rings. The van der Waals surface area contributed by atoms with Gasteiger partial charge in [-0.1, -0.05) is 6.42 Å². The van der Waals surface area contributed by atoms with Crippen molar-refractivity contribution in [3.8, 4) is 0 Å². The summed E-state index contributed by atoms with van der Waals surface area (Å²) in [5, 5.41) is 0. The minimum absolute atomic E-state index is 0.522. The first-order chi connectivity index (χ1) is 6.43. The third kappa shape index (κ3) is 4.88. The lowest BCUT2D eigenvalue weighted by atomic mass is 9.94. The van der Waals surface area contributed by atoms with Crippen molar-refractivity contribution in [1.82, 2.24) is 0 Å². The molecule has 0 radical (unpaired) electrons. The van der Waals surface area contributed by atoms with Crippen LogP contribution in [-0.2, 0) is 14.3 Å². The van der Waals surface area contributed by atoms with E-state index in [1.165, 1.54) is 25.7 Å². The molecule has 1 saturated heterocycles. The molecule has 0 aromatic carbocycles. The fourth-order valence-corrected chi connectivity index (χ4v) is 1.70. The van der Waals surface area contributed by atoms with Gasteiger partial charge in [0.1, 0.15) is 0 Å². The lowest BCUT2D eigenvalue weighted by Crippen LogP contribution is -2.15. The van der Waals surface area contributed by atoms with E-state index in [2.05, 4.69) is 4.74 Å². The number of rotatable bonds is 6. The van der Waals surface area contributed by atoms with Crippen LogP contribution < -0.4 is 0 Å². The minimum Gasteiger partial charge on any atom is -0.468 e. The molecule has 1 rings (SSSR count). The maximum atomic E-state index is 9.83. The molecule has 13 heavy (non-hydrogen) atoms. The molecule has 1 heterocycles. The van der Waals surface area contributed by atoms with Gasteiger partial charge in [-0.05, 0) is 31.6 Å². The largest absolute Gasteiger partial charge is 0.468 e. The Morgan fingerprint density at radius 2 is 2.08 bits per heavy atom. The Morgan fingerprint density at radius 1 is 1.31 bits per heavy atom. The standard InChI is InChI=1S/C10H18O3/c11-9-13-6-2-1-3-10-4-7-12-8-5-10/h9-10H,1-8H2. The lowest BCUT2D eigenvalue weighted by molar-refractivity contribution is -0.128. The van der Waals surface area contributed by atoms with Crippen LogP contribution in [0.15, 0.2) is 0 Å². The first-order valence-electron chi connectivity index (χ1n) is 5.06. The molecule has 3 nitrogen and oxygen atoms in total. The molecule has 0 aromatic rings. The molecule has 0 bridgehead atoms. The number of hydrogen-bond donors (Lipinski definition) is 0. The van der Waals surface area contributed by atoms with E-state index in [1.54, 1.807) is 0 Å². The van der Waals surface area contributed by atoms with E-state index in [-0.39, 0.29) is 0 Å². The van der Waals surface area contributed by atoms with Gasteiger partial charge in [0, 0.05) is 13.2 Å². The van der Waals surface area contributed by atoms with Gasteiger partial charge in [-0.25, -0.2) is 0 Å². The summed E-state index contributed by atoms with van der Waals surface area (Å²) in [4.78, 5) is 9.83. The fraction of sp³-hybridized carbons (Fsp3) is 0.900. The fourth-order valence-electron chi connectivity index (χ4n) is 1.70. The molecule has 0 aromatic heterocycles. The van der Waals surface area contributed by atoms with Crippen LogP contribution in [0, 0.1) is 5.92 Å². The summed E-state index contributed by atoms with van der Waals surface area (Å²) in [6, 6.07) is 0. The first-order valence-corrected chi connectivity index (χ1v) is 5.06. The van der Waals surface area contributed by atoms with Crippen LogP contribution in [0.1, 0.15) is 32.1 Å². The summed E-state index contributed by atoms with van der Waals surface area (Å²) in [6.07, 6.45) is 5.82. The van der Waals surface area contributed by atoms with Crippen LogP contribution in [0.4, 0.5) is 0 Å². The summed E-state index contributed by atoms with van der Waals surface area (Å²) in [6.45, 7) is 2.95. The number of ether oxygens (including phenoxy) is 2. The van der Waals surface area contributed by atoms with E-state index in [1.807, 2.05) is 0 Å². The second-order valence-electron chi connectivity index (χ2n) is 3.52. The van der Waals surface area contributed by atoms with Crippen LogP contribution >= 0.6 is 0 Å². The molecule has 3 heteroatoms. The minimum atomic E-state index is 0.522. The van der Waals surface area contributed by atoms with Crippen LogP contribution in [-0.4, -0.2) is 26.3 Å². The van der Waals surface area contributed by atoms with Crippen LogP contribution in [0.5, 0.6) is 0 Å². The molecular formula is C10H18O3. The quantitative estimate of drug-likeness (QED) is 0.468. The smallest absolute Gasteiger partial charge is 0.293 e. The van der Waals surface area contributed by atoms with Gasteiger partial charge in [-0.3, -0.25) is 4.79 Å². The summed E-state index contributed by atoms with van der Waals surface area (Å²) < 4.78 is 9.89. The Morgan fingerprint density at radius 3 is 2.77 bits per heavy atom. The zero-order valence-corrected chi connectivity index (χ0v) is 8.04. The summed E-state index contributed by atoms with van der Waals surface area (Å²) in [5.74, 6) is 0.838. The van der Waals surface area contributed by atoms with Crippen molar-refractivity contribution in [2.45, 2.75) is 32.1 Å². The van der Waals surface area contributed by atoms with Gasteiger partial charge in [0.2, 0.25) is 0 Å². The third-order valence-corrected chi connectivity index (χ3v) is 2.53. The van der Waals surface area contributed by atoms with Gasteiger partial charge in [0.05, 0.1) is 6.61 Å². The summed E-state index contributed by atoms with van der Waals surface area (Å²) >= 11 is 0. The lowest BCUT2D eigenvalue weighted by Gasteiger charge is -2.21. The molecule has 0 spiro atoms. The van der Waals surface area contributed by atoms with E-state index >= 15 is 0 Å². The number of unbranched alkanes of at least 4 members (excludes halogenated alkanes) is 1. The molecule has 0 aliphatic carbocycles. The van der Waals surface area contributed by atoms with E-state index < -0.39 is 0 Å². The van der Waals surface area contributed by atoms with Crippen molar-refractivity contribution >= 4 is 6.47 Å². The predicted octanol–water partition coefficient (Wildman–Crippen LogP) is 1.76. The molecular weight excluding hydrogens is 168 g/mol. The topological polar surface area (TPSA) is 35.5 Å². The van der Waals surface area contributed by atoms with Crippen LogP contribution in [0.3, 0.4) is 0 Å². The SMILES string of the molecule is O=COCCCCC1CCOCC1. The average Bonchev–Trinajstić information content (AvgIpc) is 2.19. The zero-order valence-electron chi connectivity index (χ0n) is 8.04. The monoisotopic (exact) mass is 186 g/mol. The predicted molar refractivity (Wildman–Crippen MR) is 49.4 cm³/mol. The van der Waals surface area contributed by atoms with E-state index in [0.717, 1.165) is 25.6 Å². The molecule has 0 unspecified atom stereocenters. The third-order valence-electron chi connectivity index (χ3n) is 2.53. The van der Waals surface area contributed by atoms with E-state index in [9.17, 15) is 4.79 Å². The molecule has 1 aliphatic heterocycles. The summed E-state index contributed by atoms with van der Waals surface area (Å²) in [5.41, 5.74) is 0. The molecule has 1 fully saturated rings. The molecule has 0 atom stereocenters. The van der Waals surface area contributed by atoms with Crippen molar-refractivity contribution in [1.29, 1.82) is 0 Å². The van der Waals surface area contributed by atoms with Gasteiger partial charge in [0.25, 0.3) is 6.47 Å². The van der Waals surface area contributed by atoms with E-state index in [0.29, 0.717) is 13.1 Å². The Labute approximate surface area is 79.4 Å². The van der Waals surface area contributed by atoms with Crippen molar-refractivity contribution in [2.75, 3.05) is 19.8 Å². The van der Waals surface area contributed by atoms with Crippen LogP contribution in [0.25, 0.3) is 0 Å². The molecule has 0 N–H and O–H groups in total. The Kier molecular flexibility index (Phi) is 5.57. The second-order valence-corrected chi connectivity index (χ2v) is 3.52. The van der Waals surface area contributed by atoms with Gasteiger partial charge >= 0.3 is 0 Å². The number of carbonyl (C=O) groups excluding carboxylic acids is 1. The summed E-state index contributed by atoms with van der Waals surface area (Å²) in [7, 11) is 0. The molecule has 0 amide bonds. The maximum Gasteiger partial charge on any atom is 0.293 e. The highest BCUT2D eigenvalue weighted by molar-refractivity contribution is 5.36. The maximum absolute atomic E-state index is 9.83. The highest BCUT2D eigenvalue weighted by Crippen LogP contribution is 2.20. The highest BCUT2D eigenvalue weighted by atomic mass is 16.5. The zero-order chi connectivity index (χ0) is 9.36. The first kappa shape index (κ1) is 10.5. The molecule has 0 saturated carbocycles. The van der Waals surface area contributed by atoms with Crippen molar-refractivity contribution < 1.29 is 14.3 Å². The van der Waals surface area contributed by atoms with Gasteiger partial charge < -0.3 is 9.47 Å². The Balaban J connectivity index is 1.89. The number of carbonyl (C=O) groups is 1. The average molecular weight is 186 g/mol. The Bertz CT molecular complexity index is 130. The number of hydrogen-bond acceptors (Lipinski definition) is 3. The van der Waals surface area contributed by atoms with Gasteiger partial charge in [-0.2, -0.15) is 0 Å². The second kappa shape index (κ2) is 6.89. The highest BCUT2D eigenvalue weighted by Gasteiger charge is 2.12. The van der Waals surface area contributed by atoms with Crippen LogP contribution in [0.2, 0.25) is 0 Å². The van der Waals surface area contributed by atoms with Crippen molar-refractivity contribution in [3.63, 3.8) is 0 Å². The Hall–Kier alpha value is -0.570. The van der Waals surface area contributed by atoms with Crippen molar-refractivity contribution in [3.05, 3.63) is 0 Å². The normalized spacial score (nSPS) is 18.5. The van der Waals surface area contributed by atoms with Gasteiger partial charge in [-0.15, -0.1) is 0 Å². The van der Waals surface area contributed by atoms with Gasteiger partial charge in [0.15, 0.2) is 0 Å². The van der Waals surface area contributed by atoms with E-state index in [4.69, 9.17) is 4.74 Å².